The second-order valence-corrected chi connectivity index (χ2v) is 9.83. The van der Waals surface area contributed by atoms with Crippen LogP contribution in [0, 0.1) is 6.92 Å². The Morgan fingerprint density at radius 1 is 1.06 bits per heavy atom. The summed E-state index contributed by atoms with van der Waals surface area (Å²) in [6, 6.07) is 14.1. The van der Waals surface area contributed by atoms with Crippen LogP contribution in [0.15, 0.2) is 54.6 Å². The predicted molar refractivity (Wildman–Crippen MR) is 134 cm³/mol. The van der Waals surface area contributed by atoms with Gasteiger partial charge in [-0.1, -0.05) is 48.5 Å². The maximum atomic E-state index is 13.8. The first-order valence-electron chi connectivity index (χ1n) is 11.9. The number of carbonyl (C=O) groups is 3. The largest absolute Gasteiger partial charge is 0.444 e. The van der Waals surface area contributed by atoms with E-state index >= 15 is 0 Å². The van der Waals surface area contributed by atoms with Crippen LogP contribution in [0.2, 0.25) is 0 Å². The summed E-state index contributed by atoms with van der Waals surface area (Å²) in [7, 11) is 0. The molecule has 2 aromatic carbocycles. The minimum absolute atomic E-state index is 0.190. The minimum Gasteiger partial charge on any atom is -0.444 e. The highest BCUT2D eigenvalue weighted by Crippen LogP contribution is 2.34. The lowest BCUT2D eigenvalue weighted by atomic mass is 9.88. The van der Waals surface area contributed by atoms with Gasteiger partial charge in [-0.15, -0.1) is 0 Å². The zero-order valence-electron chi connectivity index (χ0n) is 20.8. The van der Waals surface area contributed by atoms with Crippen molar-refractivity contribution < 1.29 is 24.2 Å². The van der Waals surface area contributed by atoms with Crippen molar-refractivity contribution in [3.8, 4) is 0 Å². The summed E-state index contributed by atoms with van der Waals surface area (Å²) in [5.74, 6) is -0.892. The highest BCUT2D eigenvalue weighted by Gasteiger charge is 2.42. The van der Waals surface area contributed by atoms with Crippen LogP contribution in [0.3, 0.4) is 0 Å². The molecule has 3 amide bonds. The number of anilines is 1. The Labute approximate surface area is 206 Å². The number of para-hydroxylation sites is 1. The van der Waals surface area contributed by atoms with Gasteiger partial charge in [-0.25, -0.2) is 4.79 Å². The van der Waals surface area contributed by atoms with Gasteiger partial charge in [-0.05, 0) is 64.2 Å². The number of amides is 3. The number of aryl methyl sites for hydroxylation is 1. The highest BCUT2D eigenvalue weighted by atomic mass is 16.6. The van der Waals surface area contributed by atoms with Gasteiger partial charge in [0.1, 0.15) is 17.7 Å². The number of hydrogen-bond acceptors (Lipinski definition) is 5. The van der Waals surface area contributed by atoms with Crippen molar-refractivity contribution in [2.45, 2.75) is 70.7 Å². The third-order valence-corrected chi connectivity index (χ3v) is 5.94. The van der Waals surface area contributed by atoms with E-state index < -0.39 is 36.3 Å². The molecule has 2 unspecified atom stereocenters. The Balaban J connectivity index is 1.95. The van der Waals surface area contributed by atoms with E-state index in [1.807, 2.05) is 49.4 Å². The lowest BCUT2D eigenvalue weighted by molar-refractivity contribution is -0.146. The molecule has 0 aromatic heterocycles. The molecule has 8 nitrogen and oxygen atoms in total. The molecule has 188 valence electrons. The predicted octanol–water partition coefficient (Wildman–Crippen LogP) is 3.94. The average Bonchev–Trinajstić information content (AvgIpc) is 2.76. The third-order valence-electron chi connectivity index (χ3n) is 5.94. The Morgan fingerprint density at radius 3 is 2.23 bits per heavy atom. The van der Waals surface area contributed by atoms with Crippen LogP contribution < -0.4 is 10.6 Å². The summed E-state index contributed by atoms with van der Waals surface area (Å²) in [4.78, 5) is 41.3. The Kier molecular flexibility index (Phi) is 8.51. The molecular formula is C27H35N3O5. The van der Waals surface area contributed by atoms with E-state index in [1.165, 1.54) is 4.90 Å². The zero-order chi connectivity index (χ0) is 25.6. The van der Waals surface area contributed by atoms with Crippen molar-refractivity contribution in [3.63, 3.8) is 0 Å². The number of benzene rings is 2. The second-order valence-electron chi connectivity index (χ2n) is 9.83. The van der Waals surface area contributed by atoms with E-state index in [0.717, 1.165) is 24.8 Å². The highest BCUT2D eigenvalue weighted by molar-refractivity contribution is 5.99. The average molecular weight is 482 g/mol. The van der Waals surface area contributed by atoms with Crippen LogP contribution in [-0.2, 0) is 14.3 Å². The fourth-order valence-electron chi connectivity index (χ4n) is 3.99. The van der Waals surface area contributed by atoms with Crippen molar-refractivity contribution in [3.05, 3.63) is 65.7 Å². The number of aliphatic hydroxyl groups is 1. The van der Waals surface area contributed by atoms with E-state index in [4.69, 9.17) is 4.74 Å². The van der Waals surface area contributed by atoms with Crippen molar-refractivity contribution in [2.75, 3.05) is 11.9 Å². The van der Waals surface area contributed by atoms with E-state index in [-0.39, 0.29) is 11.9 Å². The van der Waals surface area contributed by atoms with Gasteiger partial charge in [0.25, 0.3) is 5.91 Å². The summed E-state index contributed by atoms with van der Waals surface area (Å²) >= 11 is 0. The molecule has 0 heterocycles. The molecule has 0 radical (unpaired) electrons. The van der Waals surface area contributed by atoms with E-state index in [0.29, 0.717) is 11.3 Å². The summed E-state index contributed by atoms with van der Waals surface area (Å²) in [6.45, 7) is 6.41. The number of alkyl carbamates (subject to hydrolysis) is 1. The maximum Gasteiger partial charge on any atom is 0.408 e. The Morgan fingerprint density at radius 2 is 1.69 bits per heavy atom. The smallest absolute Gasteiger partial charge is 0.408 e. The van der Waals surface area contributed by atoms with E-state index in [2.05, 4.69) is 10.6 Å². The van der Waals surface area contributed by atoms with Crippen LogP contribution in [0.5, 0.6) is 0 Å². The molecule has 0 bridgehead atoms. The summed E-state index contributed by atoms with van der Waals surface area (Å²) in [6.07, 6.45) is 1.59. The van der Waals surface area contributed by atoms with Crippen LogP contribution in [0.4, 0.5) is 10.5 Å². The number of aliphatic hydroxyl groups excluding tert-OH is 1. The molecule has 1 aliphatic rings. The standard InChI is InChI=1S/C27H35N3O5/c1-18-11-8-9-16-21(18)28-24(32)23(19-12-6-5-7-13-19)30(20-14-10-15-20)25(33)22(17-31)29-26(34)35-27(2,3)4/h5-9,11-13,16,20,22-23,31H,10,14-15,17H2,1-4H3,(H,28,32)(H,29,34). The fourth-order valence-corrected chi connectivity index (χ4v) is 3.99. The van der Waals surface area contributed by atoms with Gasteiger partial charge < -0.3 is 25.4 Å². The van der Waals surface area contributed by atoms with Crippen molar-refractivity contribution >= 4 is 23.6 Å². The molecule has 35 heavy (non-hydrogen) atoms. The van der Waals surface area contributed by atoms with Gasteiger partial charge in [-0.2, -0.15) is 0 Å². The minimum atomic E-state index is -1.25. The first kappa shape index (κ1) is 26.2. The molecule has 2 atom stereocenters. The quantitative estimate of drug-likeness (QED) is 0.529. The van der Waals surface area contributed by atoms with Crippen molar-refractivity contribution in [1.29, 1.82) is 0 Å². The number of nitrogens with one attached hydrogen (secondary N) is 2. The van der Waals surface area contributed by atoms with Crippen LogP contribution in [0.1, 0.15) is 57.2 Å². The van der Waals surface area contributed by atoms with Crippen molar-refractivity contribution in [1.82, 2.24) is 10.2 Å². The van der Waals surface area contributed by atoms with Gasteiger partial charge in [0.15, 0.2) is 0 Å². The van der Waals surface area contributed by atoms with Crippen LogP contribution >= 0.6 is 0 Å². The van der Waals surface area contributed by atoms with E-state index in [9.17, 15) is 19.5 Å². The Hall–Kier alpha value is -3.39. The number of rotatable bonds is 8. The van der Waals surface area contributed by atoms with Crippen molar-refractivity contribution in [2.24, 2.45) is 0 Å². The summed E-state index contributed by atoms with van der Waals surface area (Å²) in [5, 5.41) is 15.5. The third kappa shape index (κ3) is 6.82. The topological polar surface area (TPSA) is 108 Å². The molecule has 1 saturated carbocycles. The molecule has 3 N–H and O–H groups in total. The molecule has 1 fully saturated rings. The molecule has 0 aliphatic heterocycles. The van der Waals surface area contributed by atoms with Gasteiger partial charge >= 0.3 is 6.09 Å². The number of ether oxygens (including phenoxy) is 1. The van der Waals surface area contributed by atoms with Gasteiger partial charge in [0.2, 0.25) is 5.91 Å². The zero-order valence-corrected chi connectivity index (χ0v) is 20.8. The molecular weight excluding hydrogens is 446 g/mol. The summed E-state index contributed by atoms with van der Waals surface area (Å²) in [5.41, 5.74) is 1.44. The Bertz CT molecular complexity index is 1030. The van der Waals surface area contributed by atoms with Crippen LogP contribution in [-0.4, -0.2) is 52.2 Å². The fraction of sp³-hybridized carbons (Fsp3) is 0.444. The monoisotopic (exact) mass is 481 g/mol. The number of carbonyl (C=O) groups excluding carboxylic acids is 3. The molecule has 0 saturated heterocycles. The normalized spacial score (nSPS) is 15.3. The molecule has 0 spiro atoms. The van der Waals surface area contributed by atoms with Crippen LogP contribution in [0.25, 0.3) is 0 Å². The van der Waals surface area contributed by atoms with Gasteiger partial charge in [0, 0.05) is 11.7 Å². The second kappa shape index (κ2) is 11.4. The number of hydrogen-bond donors (Lipinski definition) is 3. The lowest BCUT2D eigenvalue weighted by Gasteiger charge is -2.43. The van der Waals surface area contributed by atoms with E-state index in [1.54, 1.807) is 32.9 Å². The molecule has 2 aromatic rings. The summed E-state index contributed by atoms with van der Waals surface area (Å²) < 4.78 is 5.27. The lowest BCUT2D eigenvalue weighted by Crippen LogP contribution is -2.58. The molecule has 8 heteroatoms. The molecule has 3 rings (SSSR count). The van der Waals surface area contributed by atoms with Gasteiger partial charge in [0.05, 0.1) is 6.61 Å². The number of nitrogens with zero attached hydrogens (tertiary/aromatic N) is 1. The van der Waals surface area contributed by atoms with Gasteiger partial charge in [-0.3, -0.25) is 9.59 Å². The maximum absolute atomic E-state index is 13.8. The first-order valence-corrected chi connectivity index (χ1v) is 11.9. The first-order chi connectivity index (χ1) is 16.6. The SMILES string of the molecule is Cc1ccccc1NC(=O)C(c1ccccc1)N(C(=O)C(CO)NC(=O)OC(C)(C)C)C1CCC1. The molecule has 1 aliphatic carbocycles.